The molecule has 0 fully saturated rings. The maximum absolute atomic E-state index is 10.9. The number of hydrogen-bond acceptors (Lipinski definition) is 4. The number of carbonyl (C=O) groups is 1. The van der Waals surface area contributed by atoms with Crippen molar-refractivity contribution in [3.05, 3.63) is 34.3 Å². The van der Waals surface area contributed by atoms with Crippen molar-refractivity contribution in [2.24, 2.45) is 0 Å². The molecule has 0 aliphatic carbocycles. The van der Waals surface area contributed by atoms with Gasteiger partial charge in [0.15, 0.2) is 0 Å². The molecule has 88 valence electrons. The first-order chi connectivity index (χ1) is 7.44. The van der Waals surface area contributed by atoms with E-state index in [4.69, 9.17) is 9.52 Å². The number of carboxylic acid groups (broad SMARTS) is 1. The Morgan fingerprint density at radius 1 is 1.69 bits per heavy atom. The van der Waals surface area contributed by atoms with E-state index in [9.17, 15) is 14.9 Å². The Morgan fingerprint density at radius 3 is 2.81 bits per heavy atom. The zero-order chi connectivity index (χ0) is 12.2. The van der Waals surface area contributed by atoms with E-state index in [-0.39, 0.29) is 19.3 Å². The highest BCUT2D eigenvalue weighted by Gasteiger charge is 2.38. The summed E-state index contributed by atoms with van der Waals surface area (Å²) in [5.74, 6) is -0.544. The van der Waals surface area contributed by atoms with Crippen LogP contribution in [0.4, 0.5) is 0 Å². The van der Waals surface area contributed by atoms with Gasteiger partial charge in [0, 0.05) is 18.3 Å². The lowest BCUT2D eigenvalue weighted by molar-refractivity contribution is -0.566. The average Bonchev–Trinajstić information content (AvgIpc) is 2.67. The minimum absolute atomic E-state index is 0.0178. The lowest BCUT2D eigenvalue weighted by Gasteiger charge is -2.18. The highest BCUT2D eigenvalue weighted by atomic mass is 16.6. The summed E-state index contributed by atoms with van der Waals surface area (Å²) in [7, 11) is 0. The van der Waals surface area contributed by atoms with Gasteiger partial charge in [0.25, 0.3) is 0 Å². The summed E-state index contributed by atoms with van der Waals surface area (Å²) >= 11 is 0. The van der Waals surface area contributed by atoms with E-state index in [1.807, 2.05) is 0 Å². The summed E-state index contributed by atoms with van der Waals surface area (Å²) < 4.78 is 5.03. The third-order valence-corrected chi connectivity index (χ3v) is 2.45. The Hall–Kier alpha value is -1.85. The van der Waals surface area contributed by atoms with Gasteiger partial charge in [0.05, 0.1) is 19.1 Å². The lowest BCUT2D eigenvalue weighted by atomic mass is 9.91. The molecule has 1 N–H and O–H groups in total. The molecule has 6 nitrogen and oxygen atoms in total. The standard InChI is InChI=1S/C10H13NO5/c1-10(11(14)15,5-4-9(12)13)7-8-3-2-6-16-8/h2-3,6H,4-5,7H2,1H3,(H,12,13). The largest absolute Gasteiger partial charge is 0.481 e. The van der Waals surface area contributed by atoms with Crippen molar-refractivity contribution >= 4 is 5.97 Å². The second-order valence-electron chi connectivity index (χ2n) is 3.90. The number of rotatable bonds is 6. The van der Waals surface area contributed by atoms with Crippen molar-refractivity contribution in [2.45, 2.75) is 31.7 Å². The fraction of sp³-hybridized carbons (Fsp3) is 0.500. The van der Waals surface area contributed by atoms with Crippen molar-refractivity contribution in [2.75, 3.05) is 0 Å². The van der Waals surface area contributed by atoms with Gasteiger partial charge < -0.3 is 9.52 Å². The van der Waals surface area contributed by atoms with Crippen LogP contribution < -0.4 is 0 Å². The molecule has 0 radical (unpaired) electrons. The fourth-order valence-corrected chi connectivity index (χ4v) is 1.41. The Bertz CT molecular complexity index is 373. The fourth-order valence-electron chi connectivity index (χ4n) is 1.41. The molecule has 0 spiro atoms. The molecule has 0 aliphatic heterocycles. The van der Waals surface area contributed by atoms with E-state index in [1.54, 1.807) is 12.1 Å². The molecule has 1 aromatic rings. The van der Waals surface area contributed by atoms with Crippen LogP contribution in [0.3, 0.4) is 0 Å². The van der Waals surface area contributed by atoms with E-state index >= 15 is 0 Å². The van der Waals surface area contributed by atoms with Crippen LogP contribution in [-0.4, -0.2) is 21.5 Å². The van der Waals surface area contributed by atoms with E-state index in [1.165, 1.54) is 13.2 Å². The van der Waals surface area contributed by atoms with Gasteiger partial charge in [-0.2, -0.15) is 0 Å². The number of nitro groups is 1. The maximum Gasteiger partial charge on any atom is 0.303 e. The van der Waals surface area contributed by atoms with Gasteiger partial charge in [-0.05, 0) is 12.1 Å². The van der Waals surface area contributed by atoms with Gasteiger partial charge in [0.1, 0.15) is 5.76 Å². The normalized spacial score (nSPS) is 14.3. The van der Waals surface area contributed by atoms with Crippen molar-refractivity contribution in [1.29, 1.82) is 0 Å². The van der Waals surface area contributed by atoms with Crippen LogP contribution in [0.25, 0.3) is 0 Å². The van der Waals surface area contributed by atoms with E-state index < -0.39 is 16.4 Å². The van der Waals surface area contributed by atoms with Crippen molar-refractivity contribution < 1.29 is 19.2 Å². The summed E-state index contributed by atoms with van der Waals surface area (Å²) in [6.45, 7) is 1.43. The summed E-state index contributed by atoms with van der Waals surface area (Å²) in [6, 6.07) is 3.29. The van der Waals surface area contributed by atoms with Gasteiger partial charge in [0.2, 0.25) is 5.54 Å². The number of furan rings is 1. The minimum atomic E-state index is -1.30. The molecular weight excluding hydrogens is 214 g/mol. The molecular formula is C10H13NO5. The molecule has 0 saturated carbocycles. The molecule has 0 aliphatic rings. The smallest absolute Gasteiger partial charge is 0.303 e. The molecule has 6 heteroatoms. The summed E-state index contributed by atoms with van der Waals surface area (Å²) in [6.07, 6.45) is 1.29. The molecule has 1 rings (SSSR count). The zero-order valence-corrected chi connectivity index (χ0v) is 8.88. The predicted octanol–water partition coefficient (Wildman–Crippen LogP) is 1.72. The average molecular weight is 227 g/mol. The van der Waals surface area contributed by atoms with Crippen LogP contribution in [0.2, 0.25) is 0 Å². The predicted molar refractivity (Wildman–Crippen MR) is 54.7 cm³/mol. The second-order valence-corrected chi connectivity index (χ2v) is 3.90. The maximum atomic E-state index is 10.9. The highest BCUT2D eigenvalue weighted by Crippen LogP contribution is 2.22. The van der Waals surface area contributed by atoms with Crippen LogP contribution in [-0.2, 0) is 11.2 Å². The molecule has 1 unspecified atom stereocenters. The number of hydrogen-bond donors (Lipinski definition) is 1. The number of carboxylic acids is 1. The molecule has 0 amide bonds. The van der Waals surface area contributed by atoms with Crippen molar-refractivity contribution in [3.63, 3.8) is 0 Å². The SMILES string of the molecule is CC(CCC(=O)O)(Cc1ccco1)[N+](=O)[O-]. The summed E-state index contributed by atoms with van der Waals surface area (Å²) in [4.78, 5) is 20.9. The van der Waals surface area contributed by atoms with Crippen LogP contribution in [0.5, 0.6) is 0 Å². The Labute approximate surface area is 92.0 Å². The molecule has 1 atom stereocenters. The molecule has 1 heterocycles. The van der Waals surface area contributed by atoms with Gasteiger partial charge in [-0.3, -0.25) is 14.9 Å². The van der Waals surface area contributed by atoms with E-state index in [0.29, 0.717) is 5.76 Å². The Kier molecular flexibility index (Phi) is 3.65. The molecule has 16 heavy (non-hydrogen) atoms. The topological polar surface area (TPSA) is 93.6 Å². The Balaban J connectivity index is 2.72. The van der Waals surface area contributed by atoms with Gasteiger partial charge in [-0.15, -0.1) is 0 Å². The van der Waals surface area contributed by atoms with Crippen LogP contribution in [0.1, 0.15) is 25.5 Å². The third-order valence-electron chi connectivity index (χ3n) is 2.45. The van der Waals surface area contributed by atoms with E-state index in [2.05, 4.69) is 0 Å². The van der Waals surface area contributed by atoms with Gasteiger partial charge in [-0.1, -0.05) is 0 Å². The third kappa shape index (κ3) is 3.08. The number of aliphatic carboxylic acids is 1. The number of nitrogens with zero attached hydrogens (tertiary/aromatic N) is 1. The monoisotopic (exact) mass is 227 g/mol. The summed E-state index contributed by atoms with van der Waals surface area (Å²) in [5, 5.41) is 19.5. The Morgan fingerprint density at radius 2 is 2.38 bits per heavy atom. The van der Waals surface area contributed by atoms with Crippen LogP contribution in [0.15, 0.2) is 22.8 Å². The molecule has 0 aromatic carbocycles. The quantitative estimate of drug-likeness (QED) is 0.589. The molecule has 1 aromatic heterocycles. The molecule has 0 bridgehead atoms. The summed E-state index contributed by atoms with van der Waals surface area (Å²) in [5.41, 5.74) is -1.30. The first-order valence-electron chi connectivity index (χ1n) is 4.83. The zero-order valence-electron chi connectivity index (χ0n) is 8.88. The first-order valence-corrected chi connectivity index (χ1v) is 4.83. The molecule has 0 saturated heterocycles. The lowest BCUT2D eigenvalue weighted by Crippen LogP contribution is -2.37. The van der Waals surface area contributed by atoms with Gasteiger partial charge >= 0.3 is 5.97 Å². The van der Waals surface area contributed by atoms with Crippen LogP contribution >= 0.6 is 0 Å². The highest BCUT2D eigenvalue weighted by molar-refractivity contribution is 5.66. The van der Waals surface area contributed by atoms with Crippen molar-refractivity contribution in [3.8, 4) is 0 Å². The first kappa shape index (κ1) is 12.2. The van der Waals surface area contributed by atoms with Crippen LogP contribution in [0, 0.1) is 10.1 Å². The van der Waals surface area contributed by atoms with E-state index in [0.717, 1.165) is 0 Å². The van der Waals surface area contributed by atoms with Crippen molar-refractivity contribution in [1.82, 2.24) is 0 Å². The second kappa shape index (κ2) is 4.78. The van der Waals surface area contributed by atoms with Gasteiger partial charge in [-0.25, -0.2) is 0 Å². The minimum Gasteiger partial charge on any atom is -0.481 e.